The number of rotatable bonds is 5. The van der Waals surface area contributed by atoms with Gasteiger partial charge in [-0.15, -0.1) is 0 Å². The molecule has 2 atom stereocenters. The maximum absolute atomic E-state index is 5.59. The normalized spacial score (nSPS) is 14.2. The van der Waals surface area contributed by atoms with Crippen LogP contribution in [0, 0.1) is 5.92 Å². The molecular weight excluding hydrogens is 220 g/mol. The minimum Gasteiger partial charge on any atom is -0.388 e. The van der Waals surface area contributed by atoms with Crippen LogP contribution in [-0.4, -0.2) is 21.0 Å². The summed E-state index contributed by atoms with van der Waals surface area (Å²) in [6, 6.07) is 0.315. The molecular formula is C11H18N4S. The van der Waals surface area contributed by atoms with Gasteiger partial charge >= 0.3 is 0 Å². The molecule has 0 saturated carbocycles. The summed E-state index contributed by atoms with van der Waals surface area (Å²) in [5.41, 5.74) is 6.15. The zero-order chi connectivity index (χ0) is 12.1. The molecule has 0 aliphatic rings. The molecule has 1 aromatic heterocycles. The first-order chi connectivity index (χ1) is 7.56. The Hall–Kier alpha value is -1.23. The molecule has 16 heavy (non-hydrogen) atoms. The summed E-state index contributed by atoms with van der Waals surface area (Å²) >= 11 is 4.93. The first-order valence-corrected chi connectivity index (χ1v) is 5.84. The number of thiocarbonyl (C=S) groups is 1. The Labute approximate surface area is 102 Å². The highest BCUT2D eigenvalue weighted by Crippen LogP contribution is 2.15. The van der Waals surface area contributed by atoms with E-state index in [-0.39, 0.29) is 4.99 Å². The second-order valence-corrected chi connectivity index (χ2v) is 4.38. The molecule has 5 heteroatoms. The molecule has 0 radical (unpaired) electrons. The molecule has 2 unspecified atom stereocenters. The third-order valence-corrected chi connectivity index (χ3v) is 2.99. The van der Waals surface area contributed by atoms with Crippen molar-refractivity contribution in [3.8, 4) is 0 Å². The van der Waals surface area contributed by atoms with Crippen LogP contribution in [-0.2, 0) is 0 Å². The van der Waals surface area contributed by atoms with Crippen molar-refractivity contribution in [3.05, 3.63) is 18.1 Å². The number of anilines is 1. The zero-order valence-electron chi connectivity index (χ0n) is 9.90. The highest BCUT2D eigenvalue weighted by Gasteiger charge is 2.14. The average Bonchev–Trinajstić information content (AvgIpc) is 2.28. The quantitative estimate of drug-likeness (QED) is 0.768. The maximum Gasteiger partial charge on any atom is 0.155 e. The number of nitrogens with one attached hydrogen (secondary N) is 1. The number of aromatic nitrogens is 2. The van der Waals surface area contributed by atoms with Gasteiger partial charge in [-0.1, -0.05) is 32.5 Å². The predicted molar refractivity (Wildman–Crippen MR) is 70.5 cm³/mol. The summed E-state index contributed by atoms with van der Waals surface area (Å²) in [4.78, 5) is 8.61. The molecule has 88 valence electrons. The molecule has 0 bridgehead atoms. The molecule has 0 amide bonds. The summed E-state index contributed by atoms with van der Waals surface area (Å²) in [5, 5.41) is 3.30. The Morgan fingerprint density at radius 2 is 2.06 bits per heavy atom. The van der Waals surface area contributed by atoms with Gasteiger partial charge in [0.05, 0.1) is 0 Å². The summed E-state index contributed by atoms with van der Waals surface area (Å²) in [7, 11) is 0. The van der Waals surface area contributed by atoms with E-state index in [1.54, 1.807) is 12.4 Å². The molecule has 3 N–H and O–H groups in total. The van der Waals surface area contributed by atoms with E-state index in [2.05, 4.69) is 36.1 Å². The lowest BCUT2D eigenvalue weighted by molar-refractivity contribution is 0.493. The van der Waals surface area contributed by atoms with Crippen LogP contribution in [0.2, 0.25) is 0 Å². The Kier molecular flexibility index (Phi) is 4.61. The topological polar surface area (TPSA) is 63.8 Å². The van der Waals surface area contributed by atoms with Gasteiger partial charge in [0.15, 0.2) is 5.82 Å². The van der Waals surface area contributed by atoms with Crippen molar-refractivity contribution in [1.29, 1.82) is 0 Å². The fourth-order valence-corrected chi connectivity index (χ4v) is 1.48. The number of hydrogen-bond donors (Lipinski definition) is 2. The van der Waals surface area contributed by atoms with Crippen LogP contribution < -0.4 is 11.1 Å². The van der Waals surface area contributed by atoms with Crippen LogP contribution in [0.1, 0.15) is 32.9 Å². The van der Waals surface area contributed by atoms with Gasteiger partial charge in [-0.2, -0.15) is 0 Å². The van der Waals surface area contributed by atoms with Crippen LogP contribution in [0.5, 0.6) is 0 Å². The molecule has 1 heterocycles. The molecule has 0 aliphatic carbocycles. The van der Waals surface area contributed by atoms with Gasteiger partial charge in [0.2, 0.25) is 0 Å². The first kappa shape index (κ1) is 12.8. The molecule has 1 aromatic rings. The Balaban J connectivity index is 2.84. The lowest BCUT2D eigenvalue weighted by Crippen LogP contribution is -2.26. The molecule has 0 aromatic carbocycles. The lowest BCUT2D eigenvalue weighted by Gasteiger charge is -2.21. The number of nitrogens with two attached hydrogens (primary N) is 1. The van der Waals surface area contributed by atoms with E-state index in [1.807, 2.05) is 0 Å². The van der Waals surface area contributed by atoms with E-state index in [0.717, 1.165) is 6.42 Å². The van der Waals surface area contributed by atoms with Gasteiger partial charge in [-0.05, 0) is 12.8 Å². The van der Waals surface area contributed by atoms with Gasteiger partial charge in [0.1, 0.15) is 10.7 Å². The Morgan fingerprint density at radius 3 is 2.62 bits per heavy atom. The fraction of sp³-hybridized carbons (Fsp3) is 0.545. The van der Waals surface area contributed by atoms with E-state index in [9.17, 15) is 0 Å². The third kappa shape index (κ3) is 3.13. The van der Waals surface area contributed by atoms with Crippen molar-refractivity contribution in [3.63, 3.8) is 0 Å². The average molecular weight is 238 g/mol. The monoisotopic (exact) mass is 238 g/mol. The summed E-state index contributed by atoms with van der Waals surface area (Å²) < 4.78 is 0. The van der Waals surface area contributed by atoms with E-state index in [4.69, 9.17) is 18.0 Å². The smallest absolute Gasteiger partial charge is 0.155 e. The van der Waals surface area contributed by atoms with E-state index in [1.165, 1.54) is 0 Å². The largest absolute Gasteiger partial charge is 0.388 e. The van der Waals surface area contributed by atoms with Gasteiger partial charge in [-0.3, -0.25) is 0 Å². The first-order valence-electron chi connectivity index (χ1n) is 5.43. The summed E-state index contributed by atoms with van der Waals surface area (Å²) in [6.45, 7) is 6.47. The van der Waals surface area contributed by atoms with Crippen LogP contribution >= 0.6 is 12.2 Å². The molecule has 0 saturated heterocycles. The van der Waals surface area contributed by atoms with Crippen molar-refractivity contribution in [2.75, 3.05) is 5.32 Å². The lowest BCUT2D eigenvalue weighted by atomic mass is 10.0. The molecule has 4 nitrogen and oxygen atoms in total. The van der Waals surface area contributed by atoms with E-state index >= 15 is 0 Å². The van der Waals surface area contributed by atoms with Crippen LogP contribution in [0.4, 0.5) is 5.82 Å². The van der Waals surface area contributed by atoms with Crippen molar-refractivity contribution in [2.45, 2.75) is 33.2 Å². The highest BCUT2D eigenvalue weighted by molar-refractivity contribution is 7.80. The Morgan fingerprint density at radius 1 is 1.44 bits per heavy atom. The van der Waals surface area contributed by atoms with Crippen LogP contribution in [0.15, 0.2) is 12.4 Å². The van der Waals surface area contributed by atoms with Gasteiger partial charge < -0.3 is 11.1 Å². The third-order valence-electron chi connectivity index (χ3n) is 2.79. The predicted octanol–water partition coefficient (Wildman–Crippen LogP) is 1.96. The van der Waals surface area contributed by atoms with Crippen molar-refractivity contribution >= 4 is 23.0 Å². The van der Waals surface area contributed by atoms with Crippen LogP contribution in [0.25, 0.3) is 0 Å². The highest BCUT2D eigenvalue weighted by atomic mass is 32.1. The summed E-state index contributed by atoms with van der Waals surface area (Å²) in [5.74, 6) is 1.23. The fourth-order valence-electron chi connectivity index (χ4n) is 1.34. The summed E-state index contributed by atoms with van der Waals surface area (Å²) in [6.07, 6.45) is 4.33. The zero-order valence-corrected chi connectivity index (χ0v) is 10.7. The molecule has 0 fully saturated rings. The molecule has 1 rings (SSSR count). The standard InChI is InChI=1S/C11H18N4S/c1-4-7(2)8(3)15-11-9(10(12)16)13-5-6-14-11/h5-8H,4H2,1-3H3,(H2,12,16)(H,14,15). The minimum atomic E-state index is 0.270. The van der Waals surface area contributed by atoms with Crippen LogP contribution in [0.3, 0.4) is 0 Å². The van der Waals surface area contributed by atoms with Gasteiger partial charge in [0.25, 0.3) is 0 Å². The second kappa shape index (κ2) is 5.75. The number of hydrogen-bond acceptors (Lipinski definition) is 4. The van der Waals surface area contributed by atoms with Crippen molar-refractivity contribution in [2.24, 2.45) is 11.7 Å². The Bertz CT molecular complexity index is 367. The van der Waals surface area contributed by atoms with E-state index < -0.39 is 0 Å². The van der Waals surface area contributed by atoms with Gasteiger partial charge in [-0.25, -0.2) is 9.97 Å². The molecule has 0 spiro atoms. The molecule has 0 aliphatic heterocycles. The van der Waals surface area contributed by atoms with Crippen molar-refractivity contribution in [1.82, 2.24) is 9.97 Å². The minimum absolute atomic E-state index is 0.270. The number of nitrogens with zero attached hydrogens (tertiary/aromatic N) is 2. The van der Waals surface area contributed by atoms with Crippen molar-refractivity contribution < 1.29 is 0 Å². The van der Waals surface area contributed by atoms with Gasteiger partial charge in [0, 0.05) is 18.4 Å². The van der Waals surface area contributed by atoms with E-state index in [0.29, 0.717) is 23.5 Å². The SMILES string of the molecule is CCC(C)C(C)Nc1nccnc1C(N)=S. The second-order valence-electron chi connectivity index (χ2n) is 3.94. The maximum atomic E-state index is 5.59.